The fraction of sp³-hybridized carbons (Fsp3) is 0.375. The lowest BCUT2D eigenvalue weighted by Crippen LogP contribution is -2.36. The van der Waals surface area contributed by atoms with Gasteiger partial charge in [-0.1, -0.05) is 6.92 Å². The first-order valence-electron chi connectivity index (χ1n) is 10.7. The number of H-pyrrole nitrogens is 1. The van der Waals surface area contributed by atoms with Crippen LogP contribution in [0.4, 0.5) is 11.4 Å². The van der Waals surface area contributed by atoms with Gasteiger partial charge in [-0.2, -0.15) is 0 Å². The molecule has 158 valence electrons. The predicted octanol–water partition coefficient (Wildman–Crippen LogP) is 4.33. The maximum atomic E-state index is 12.7. The van der Waals surface area contributed by atoms with E-state index in [1.54, 1.807) is 0 Å². The molecule has 0 saturated carbocycles. The summed E-state index contributed by atoms with van der Waals surface area (Å²) < 4.78 is 11.0. The van der Waals surface area contributed by atoms with E-state index in [1.807, 2.05) is 31.2 Å². The number of fused-ring (bicyclic) bond motifs is 1. The molecule has 1 aliphatic heterocycles. The molecular weight excluding hydrogens is 378 g/mol. The number of ether oxygens (including phenoxy) is 2. The van der Waals surface area contributed by atoms with Gasteiger partial charge in [0.05, 0.1) is 25.9 Å². The van der Waals surface area contributed by atoms with E-state index < -0.39 is 0 Å². The van der Waals surface area contributed by atoms with E-state index in [-0.39, 0.29) is 11.6 Å². The van der Waals surface area contributed by atoms with Crippen LogP contribution in [0.5, 0.6) is 5.75 Å². The topological polar surface area (TPSA) is 66.6 Å². The third-order valence-corrected chi connectivity index (χ3v) is 5.52. The fourth-order valence-corrected chi connectivity index (χ4v) is 3.91. The summed E-state index contributed by atoms with van der Waals surface area (Å²) in [4.78, 5) is 18.1. The van der Waals surface area contributed by atoms with Gasteiger partial charge >= 0.3 is 0 Å². The Morgan fingerprint density at radius 1 is 1.10 bits per heavy atom. The Morgan fingerprint density at radius 2 is 1.87 bits per heavy atom. The van der Waals surface area contributed by atoms with E-state index >= 15 is 0 Å². The summed E-state index contributed by atoms with van der Waals surface area (Å²) in [6.45, 7) is 8.04. The van der Waals surface area contributed by atoms with Crippen molar-refractivity contribution in [3.63, 3.8) is 0 Å². The largest absolute Gasteiger partial charge is 0.494 e. The smallest absolute Gasteiger partial charge is 0.253 e. The number of pyridine rings is 1. The predicted molar refractivity (Wildman–Crippen MR) is 122 cm³/mol. The van der Waals surface area contributed by atoms with Crippen LogP contribution < -0.4 is 20.5 Å². The summed E-state index contributed by atoms with van der Waals surface area (Å²) in [5.41, 5.74) is 3.69. The van der Waals surface area contributed by atoms with E-state index in [0.717, 1.165) is 60.6 Å². The Labute approximate surface area is 176 Å². The Hall–Kier alpha value is -2.99. The van der Waals surface area contributed by atoms with E-state index in [0.29, 0.717) is 6.61 Å². The number of nitrogens with zero attached hydrogens (tertiary/aromatic N) is 1. The van der Waals surface area contributed by atoms with Crippen molar-refractivity contribution in [3.8, 4) is 5.75 Å². The summed E-state index contributed by atoms with van der Waals surface area (Å²) in [7, 11) is 0. The molecule has 1 aromatic heterocycles. The van der Waals surface area contributed by atoms with Crippen LogP contribution in [-0.2, 0) is 4.74 Å². The minimum Gasteiger partial charge on any atom is -0.494 e. The molecule has 1 saturated heterocycles. The number of aromatic nitrogens is 1. The lowest BCUT2D eigenvalue weighted by Gasteiger charge is -2.29. The van der Waals surface area contributed by atoms with Gasteiger partial charge in [0, 0.05) is 40.9 Å². The Balaban J connectivity index is 1.56. The summed E-state index contributed by atoms with van der Waals surface area (Å²) in [5.74, 6) is 0.808. The van der Waals surface area contributed by atoms with Crippen molar-refractivity contribution < 1.29 is 9.47 Å². The van der Waals surface area contributed by atoms with Crippen molar-refractivity contribution >= 4 is 22.3 Å². The van der Waals surface area contributed by atoms with Crippen molar-refractivity contribution in [2.24, 2.45) is 0 Å². The molecule has 0 aliphatic carbocycles. The van der Waals surface area contributed by atoms with E-state index in [2.05, 4.69) is 46.4 Å². The molecule has 0 radical (unpaired) electrons. The number of morpholine rings is 1. The highest BCUT2D eigenvalue weighted by Crippen LogP contribution is 2.26. The molecule has 2 N–H and O–H groups in total. The van der Waals surface area contributed by atoms with Gasteiger partial charge in [0.2, 0.25) is 0 Å². The van der Waals surface area contributed by atoms with E-state index in [4.69, 9.17) is 9.47 Å². The quantitative estimate of drug-likeness (QED) is 0.610. The second-order valence-electron chi connectivity index (χ2n) is 7.49. The number of nitrogens with one attached hydrogen (secondary N) is 2. The van der Waals surface area contributed by atoms with Crippen molar-refractivity contribution in [2.75, 3.05) is 43.1 Å². The van der Waals surface area contributed by atoms with Crippen LogP contribution in [0.2, 0.25) is 0 Å². The molecule has 2 heterocycles. The number of rotatable bonds is 7. The van der Waals surface area contributed by atoms with Gasteiger partial charge in [0.15, 0.2) is 0 Å². The zero-order valence-corrected chi connectivity index (χ0v) is 17.6. The Morgan fingerprint density at radius 3 is 2.57 bits per heavy atom. The highest BCUT2D eigenvalue weighted by Gasteiger charge is 2.16. The zero-order valence-electron chi connectivity index (χ0n) is 17.6. The lowest BCUT2D eigenvalue weighted by molar-refractivity contribution is 0.122. The van der Waals surface area contributed by atoms with E-state index in [1.165, 1.54) is 5.69 Å². The second kappa shape index (κ2) is 9.22. The van der Waals surface area contributed by atoms with Gasteiger partial charge in [-0.3, -0.25) is 4.79 Å². The first-order chi connectivity index (χ1) is 14.7. The number of benzene rings is 2. The SMILES string of the molecule is CCOc1ccc2[nH]c(=O)c([C@@H](CC)Nc3ccc(N4CCOCC4)cc3)cc2c1. The molecule has 4 rings (SSSR count). The Bertz CT molecular complexity index is 1040. The van der Waals surface area contributed by atoms with Gasteiger partial charge < -0.3 is 24.7 Å². The average molecular weight is 408 g/mol. The molecule has 6 nitrogen and oxygen atoms in total. The summed E-state index contributed by atoms with van der Waals surface area (Å²) >= 11 is 0. The van der Waals surface area contributed by atoms with Crippen molar-refractivity contribution in [2.45, 2.75) is 26.3 Å². The lowest BCUT2D eigenvalue weighted by atomic mass is 10.0. The molecule has 1 aliphatic rings. The van der Waals surface area contributed by atoms with Crippen LogP contribution in [0, 0.1) is 0 Å². The van der Waals surface area contributed by atoms with Gasteiger partial charge in [0.1, 0.15) is 5.75 Å². The number of hydrogen-bond donors (Lipinski definition) is 2. The molecule has 1 fully saturated rings. The monoisotopic (exact) mass is 407 g/mol. The minimum atomic E-state index is -0.0804. The van der Waals surface area contributed by atoms with E-state index in [9.17, 15) is 4.79 Å². The normalized spacial score (nSPS) is 15.2. The van der Waals surface area contributed by atoms with Crippen molar-refractivity contribution in [1.29, 1.82) is 0 Å². The van der Waals surface area contributed by atoms with Crippen molar-refractivity contribution in [3.05, 3.63) is 64.4 Å². The Kier molecular flexibility index (Phi) is 6.23. The molecule has 0 amide bonds. The molecule has 1 atom stereocenters. The first kappa shape index (κ1) is 20.3. The van der Waals surface area contributed by atoms with Gasteiger partial charge in [-0.15, -0.1) is 0 Å². The fourth-order valence-electron chi connectivity index (χ4n) is 3.91. The third kappa shape index (κ3) is 4.44. The first-order valence-corrected chi connectivity index (χ1v) is 10.7. The number of aromatic amines is 1. The average Bonchev–Trinajstić information content (AvgIpc) is 2.78. The molecule has 6 heteroatoms. The van der Waals surface area contributed by atoms with Crippen LogP contribution in [0.25, 0.3) is 10.9 Å². The molecule has 0 unspecified atom stereocenters. The second-order valence-corrected chi connectivity index (χ2v) is 7.49. The molecule has 30 heavy (non-hydrogen) atoms. The molecule has 0 spiro atoms. The van der Waals surface area contributed by atoms with Crippen molar-refractivity contribution in [1.82, 2.24) is 4.98 Å². The number of hydrogen-bond acceptors (Lipinski definition) is 5. The standard InChI is InChI=1S/C24H29N3O3/c1-3-22(25-18-5-7-19(8-6-18)27-11-13-29-14-12-27)21-16-17-15-20(30-4-2)9-10-23(17)26-24(21)28/h5-10,15-16,22,25H,3-4,11-14H2,1-2H3,(H,26,28)/t22-/m1/s1. The molecule has 3 aromatic rings. The molecule has 2 aromatic carbocycles. The summed E-state index contributed by atoms with van der Waals surface area (Å²) in [5, 5.41) is 4.50. The van der Waals surface area contributed by atoms with Crippen LogP contribution in [-0.4, -0.2) is 37.9 Å². The van der Waals surface area contributed by atoms with Crippen LogP contribution in [0.15, 0.2) is 53.3 Å². The maximum absolute atomic E-state index is 12.7. The summed E-state index contributed by atoms with van der Waals surface area (Å²) in [6.07, 6.45) is 0.797. The maximum Gasteiger partial charge on any atom is 0.253 e. The zero-order chi connectivity index (χ0) is 20.9. The highest BCUT2D eigenvalue weighted by atomic mass is 16.5. The van der Waals surface area contributed by atoms with Gasteiger partial charge in [-0.25, -0.2) is 0 Å². The number of anilines is 2. The van der Waals surface area contributed by atoms with Gasteiger partial charge in [0.25, 0.3) is 5.56 Å². The molecular formula is C24H29N3O3. The summed E-state index contributed by atoms with van der Waals surface area (Å²) in [6, 6.07) is 16.0. The third-order valence-electron chi connectivity index (χ3n) is 5.52. The van der Waals surface area contributed by atoms with Crippen LogP contribution in [0.3, 0.4) is 0 Å². The molecule has 0 bridgehead atoms. The van der Waals surface area contributed by atoms with Crippen LogP contribution >= 0.6 is 0 Å². The minimum absolute atomic E-state index is 0.0593. The van der Waals surface area contributed by atoms with Crippen LogP contribution in [0.1, 0.15) is 31.9 Å². The van der Waals surface area contributed by atoms with Gasteiger partial charge in [-0.05, 0) is 61.9 Å². The highest BCUT2D eigenvalue weighted by molar-refractivity contribution is 5.80.